The molecule has 3 aromatic rings. The van der Waals surface area contributed by atoms with Crippen molar-refractivity contribution < 1.29 is 13.2 Å². The van der Waals surface area contributed by atoms with Crippen molar-refractivity contribution in [2.45, 2.75) is 25.6 Å². The SMILES string of the molecule is Fc1ccc(Cn2c(N3CCC(F)CC3)nc3cc(F)ccc32)nc1. The van der Waals surface area contributed by atoms with Gasteiger partial charge in [0.1, 0.15) is 17.8 Å². The molecule has 0 saturated carbocycles. The van der Waals surface area contributed by atoms with Gasteiger partial charge in [0.25, 0.3) is 0 Å². The standard InChI is InChI=1S/C18H17F3N4/c19-12-5-7-24(8-6-12)18-23-16-9-13(20)2-4-17(16)25(18)11-15-3-1-14(21)10-22-15/h1-4,9-10,12H,5-8,11H2. The second-order valence-corrected chi connectivity index (χ2v) is 6.26. The number of hydrogen-bond acceptors (Lipinski definition) is 3. The van der Waals surface area contributed by atoms with Gasteiger partial charge in [0.2, 0.25) is 5.95 Å². The van der Waals surface area contributed by atoms with Gasteiger partial charge in [-0.1, -0.05) is 0 Å². The Kier molecular flexibility index (Phi) is 4.07. The van der Waals surface area contributed by atoms with Crippen LogP contribution in [0.15, 0.2) is 36.5 Å². The Morgan fingerprint density at radius 3 is 2.52 bits per heavy atom. The van der Waals surface area contributed by atoms with Crippen LogP contribution in [0.5, 0.6) is 0 Å². The smallest absolute Gasteiger partial charge is 0.206 e. The minimum Gasteiger partial charge on any atom is -0.342 e. The van der Waals surface area contributed by atoms with Crippen LogP contribution in [-0.2, 0) is 6.54 Å². The summed E-state index contributed by atoms with van der Waals surface area (Å²) < 4.78 is 42.1. The van der Waals surface area contributed by atoms with Crippen LogP contribution in [-0.4, -0.2) is 33.8 Å². The maximum Gasteiger partial charge on any atom is 0.206 e. The lowest BCUT2D eigenvalue weighted by atomic mass is 10.1. The molecular formula is C18H17F3N4. The van der Waals surface area contributed by atoms with Gasteiger partial charge in [0, 0.05) is 19.2 Å². The van der Waals surface area contributed by atoms with Crippen molar-refractivity contribution in [3.05, 3.63) is 53.9 Å². The van der Waals surface area contributed by atoms with Crippen LogP contribution in [0, 0.1) is 11.6 Å². The summed E-state index contributed by atoms with van der Waals surface area (Å²) in [6.07, 6.45) is 1.28. The fourth-order valence-corrected chi connectivity index (χ4v) is 3.20. The molecule has 0 aliphatic carbocycles. The summed E-state index contributed by atoms with van der Waals surface area (Å²) in [7, 11) is 0. The van der Waals surface area contributed by atoms with Crippen molar-refractivity contribution in [1.82, 2.24) is 14.5 Å². The molecule has 1 fully saturated rings. The largest absolute Gasteiger partial charge is 0.342 e. The van der Waals surface area contributed by atoms with E-state index in [0.717, 1.165) is 5.52 Å². The molecule has 0 unspecified atom stereocenters. The number of nitrogens with zero attached hydrogens (tertiary/aromatic N) is 4. The quantitative estimate of drug-likeness (QED) is 0.725. The maximum absolute atomic E-state index is 13.6. The van der Waals surface area contributed by atoms with Gasteiger partial charge in [0.15, 0.2) is 0 Å². The Hall–Kier alpha value is -2.57. The molecule has 1 aliphatic rings. The van der Waals surface area contributed by atoms with Crippen molar-refractivity contribution in [3.8, 4) is 0 Å². The third kappa shape index (κ3) is 3.18. The summed E-state index contributed by atoms with van der Waals surface area (Å²) in [6, 6.07) is 7.41. The van der Waals surface area contributed by atoms with Crippen molar-refractivity contribution in [3.63, 3.8) is 0 Å². The molecule has 7 heteroatoms. The summed E-state index contributed by atoms with van der Waals surface area (Å²) in [5.74, 6) is -0.0868. The van der Waals surface area contributed by atoms with Gasteiger partial charge in [0.05, 0.1) is 29.5 Å². The molecule has 130 valence electrons. The molecule has 1 saturated heterocycles. The molecule has 1 aliphatic heterocycles. The highest BCUT2D eigenvalue weighted by Gasteiger charge is 2.23. The zero-order valence-corrected chi connectivity index (χ0v) is 13.5. The van der Waals surface area contributed by atoms with E-state index in [0.29, 0.717) is 49.6 Å². The molecule has 0 bridgehead atoms. The number of alkyl halides is 1. The molecule has 1 aromatic carbocycles. The summed E-state index contributed by atoms with van der Waals surface area (Å²) in [5.41, 5.74) is 1.98. The van der Waals surface area contributed by atoms with E-state index in [4.69, 9.17) is 0 Å². The van der Waals surface area contributed by atoms with Gasteiger partial charge in [-0.2, -0.15) is 0 Å². The number of benzene rings is 1. The third-order valence-corrected chi connectivity index (χ3v) is 4.51. The predicted octanol–water partition coefficient (Wildman–Crippen LogP) is 3.70. The van der Waals surface area contributed by atoms with E-state index in [-0.39, 0.29) is 5.82 Å². The number of anilines is 1. The first-order valence-electron chi connectivity index (χ1n) is 8.25. The molecular weight excluding hydrogens is 329 g/mol. The first-order chi connectivity index (χ1) is 12.1. The van der Waals surface area contributed by atoms with E-state index in [2.05, 4.69) is 9.97 Å². The molecule has 4 nitrogen and oxygen atoms in total. The normalized spacial score (nSPS) is 15.9. The van der Waals surface area contributed by atoms with Gasteiger partial charge < -0.3 is 9.47 Å². The van der Waals surface area contributed by atoms with Crippen molar-refractivity contribution in [2.75, 3.05) is 18.0 Å². The number of imidazole rings is 1. The second kappa shape index (κ2) is 6.38. The van der Waals surface area contributed by atoms with Crippen LogP contribution < -0.4 is 4.90 Å². The van der Waals surface area contributed by atoms with Gasteiger partial charge >= 0.3 is 0 Å². The van der Waals surface area contributed by atoms with E-state index in [9.17, 15) is 13.2 Å². The van der Waals surface area contributed by atoms with Crippen molar-refractivity contribution in [2.24, 2.45) is 0 Å². The molecule has 0 radical (unpaired) electrons. The van der Waals surface area contributed by atoms with E-state index >= 15 is 0 Å². The number of piperidine rings is 1. The third-order valence-electron chi connectivity index (χ3n) is 4.51. The predicted molar refractivity (Wildman–Crippen MR) is 89.3 cm³/mol. The van der Waals surface area contributed by atoms with Gasteiger partial charge in [-0.3, -0.25) is 4.98 Å². The number of fused-ring (bicyclic) bond motifs is 1. The van der Waals surface area contributed by atoms with E-state index in [1.54, 1.807) is 12.1 Å². The Balaban J connectivity index is 1.76. The van der Waals surface area contributed by atoms with Gasteiger partial charge in [-0.15, -0.1) is 0 Å². The zero-order chi connectivity index (χ0) is 17.4. The van der Waals surface area contributed by atoms with Crippen LogP contribution in [0.25, 0.3) is 11.0 Å². The Labute approximate surface area is 142 Å². The highest BCUT2D eigenvalue weighted by Crippen LogP contribution is 2.27. The minimum atomic E-state index is -0.787. The molecule has 0 amide bonds. The Bertz CT molecular complexity index is 883. The molecule has 0 spiro atoms. The highest BCUT2D eigenvalue weighted by molar-refractivity contribution is 5.79. The average molecular weight is 346 g/mol. The van der Waals surface area contributed by atoms with Crippen molar-refractivity contribution in [1.29, 1.82) is 0 Å². The average Bonchev–Trinajstić information content (AvgIpc) is 2.95. The lowest BCUT2D eigenvalue weighted by Crippen LogP contribution is -2.36. The fraction of sp³-hybridized carbons (Fsp3) is 0.333. The number of pyridine rings is 1. The Morgan fingerprint density at radius 2 is 1.80 bits per heavy atom. The van der Waals surface area contributed by atoms with Crippen molar-refractivity contribution >= 4 is 17.0 Å². The first-order valence-corrected chi connectivity index (χ1v) is 8.25. The molecule has 0 atom stereocenters. The number of halogens is 3. The van der Waals surface area contributed by atoms with E-state index in [1.807, 2.05) is 9.47 Å². The summed E-state index contributed by atoms with van der Waals surface area (Å²) in [4.78, 5) is 10.7. The van der Waals surface area contributed by atoms with Gasteiger partial charge in [-0.05, 0) is 37.1 Å². The first kappa shape index (κ1) is 15.9. The van der Waals surface area contributed by atoms with Crippen LogP contribution in [0.2, 0.25) is 0 Å². The number of rotatable bonds is 3. The summed E-state index contributed by atoms with van der Waals surface area (Å²) >= 11 is 0. The zero-order valence-electron chi connectivity index (χ0n) is 13.5. The van der Waals surface area contributed by atoms with Crippen LogP contribution in [0.1, 0.15) is 18.5 Å². The van der Waals surface area contributed by atoms with Crippen LogP contribution in [0.3, 0.4) is 0 Å². The van der Waals surface area contributed by atoms with E-state index < -0.39 is 12.0 Å². The highest BCUT2D eigenvalue weighted by atomic mass is 19.1. The topological polar surface area (TPSA) is 34.0 Å². The minimum absolute atomic E-state index is 0.355. The summed E-state index contributed by atoms with van der Waals surface area (Å²) in [5, 5.41) is 0. The summed E-state index contributed by atoms with van der Waals surface area (Å²) in [6.45, 7) is 1.50. The second-order valence-electron chi connectivity index (χ2n) is 6.26. The molecule has 4 rings (SSSR count). The van der Waals surface area contributed by atoms with Gasteiger partial charge in [-0.25, -0.2) is 18.2 Å². The molecule has 3 heterocycles. The number of hydrogen-bond donors (Lipinski definition) is 0. The monoisotopic (exact) mass is 346 g/mol. The maximum atomic E-state index is 13.6. The molecule has 25 heavy (non-hydrogen) atoms. The van der Waals surface area contributed by atoms with Crippen LogP contribution in [0.4, 0.5) is 19.1 Å². The lowest BCUT2D eigenvalue weighted by Gasteiger charge is -2.30. The number of aromatic nitrogens is 3. The van der Waals surface area contributed by atoms with Crippen LogP contribution >= 0.6 is 0 Å². The lowest BCUT2D eigenvalue weighted by molar-refractivity contribution is 0.275. The molecule has 0 N–H and O–H groups in total. The Morgan fingerprint density at radius 1 is 1.04 bits per heavy atom. The fourth-order valence-electron chi connectivity index (χ4n) is 3.20. The van der Waals surface area contributed by atoms with E-state index in [1.165, 1.54) is 24.4 Å². The molecule has 2 aromatic heterocycles.